The number of hydrogen-bond donors (Lipinski definition) is 1. The van der Waals surface area contributed by atoms with Gasteiger partial charge in [-0.1, -0.05) is 0 Å². The highest BCUT2D eigenvalue weighted by Gasteiger charge is 2.25. The number of fused-ring (bicyclic) bond motifs is 1. The predicted octanol–water partition coefficient (Wildman–Crippen LogP) is 2.18. The fourth-order valence-electron chi connectivity index (χ4n) is 2.96. The van der Waals surface area contributed by atoms with Crippen LogP contribution in [0.3, 0.4) is 0 Å². The summed E-state index contributed by atoms with van der Waals surface area (Å²) < 4.78 is 5.64. The zero-order valence-corrected chi connectivity index (χ0v) is 12.5. The second kappa shape index (κ2) is 5.41. The number of amides is 1. The Balaban J connectivity index is 1.76. The molecule has 0 bridgehead atoms. The Morgan fingerprint density at radius 2 is 2.29 bits per heavy atom. The normalized spacial score (nSPS) is 19.2. The third kappa shape index (κ3) is 2.74. The minimum Gasteiger partial charge on any atom is -0.451 e. The van der Waals surface area contributed by atoms with Gasteiger partial charge in [0.15, 0.2) is 5.76 Å². The van der Waals surface area contributed by atoms with Crippen molar-refractivity contribution in [2.45, 2.75) is 18.9 Å². The average Bonchev–Trinajstić information content (AvgIpc) is 3.04. The largest absolute Gasteiger partial charge is 0.451 e. The van der Waals surface area contributed by atoms with Gasteiger partial charge in [-0.15, -0.1) is 0 Å². The van der Waals surface area contributed by atoms with Gasteiger partial charge < -0.3 is 20.0 Å². The molecule has 5 nitrogen and oxygen atoms in total. The van der Waals surface area contributed by atoms with Crippen LogP contribution in [0.4, 0.5) is 5.69 Å². The first kappa shape index (κ1) is 13.9. The van der Waals surface area contributed by atoms with E-state index >= 15 is 0 Å². The minimum absolute atomic E-state index is 0.0786. The van der Waals surface area contributed by atoms with Gasteiger partial charge in [-0.3, -0.25) is 4.79 Å². The molecule has 0 saturated carbocycles. The monoisotopic (exact) mass is 287 g/mol. The van der Waals surface area contributed by atoms with Crippen molar-refractivity contribution in [3.05, 3.63) is 30.0 Å². The molecule has 1 unspecified atom stereocenters. The van der Waals surface area contributed by atoms with Gasteiger partial charge in [0.05, 0.1) is 0 Å². The lowest BCUT2D eigenvalue weighted by Crippen LogP contribution is -2.39. The van der Waals surface area contributed by atoms with Gasteiger partial charge in [-0.25, -0.2) is 0 Å². The molecule has 0 aliphatic carbocycles. The molecule has 1 fully saturated rings. The molecule has 1 aliphatic rings. The molecule has 1 saturated heterocycles. The number of anilines is 1. The van der Waals surface area contributed by atoms with Gasteiger partial charge in [0.1, 0.15) is 5.58 Å². The minimum atomic E-state index is -0.0786. The van der Waals surface area contributed by atoms with E-state index in [0.29, 0.717) is 23.1 Å². The molecule has 1 aromatic heterocycles. The van der Waals surface area contributed by atoms with E-state index in [2.05, 4.69) is 11.9 Å². The summed E-state index contributed by atoms with van der Waals surface area (Å²) in [5.74, 6) is 0.295. The van der Waals surface area contributed by atoms with Crippen molar-refractivity contribution in [2.75, 3.05) is 32.9 Å². The number of likely N-dealkylation sites (tertiary alicyclic amines) is 1. The Hall–Kier alpha value is -2.01. The van der Waals surface area contributed by atoms with E-state index in [9.17, 15) is 4.79 Å². The van der Waals surface area contributed by atoms with Gasteiger partial charge in [0, 0.05) is 30.7 Å². The van der Waals surface area contributed by atoms with Gasteiger partial charge in [0.2, 0.25) is 0 Å². The number of benzene rings is 1. The van der Waals surface area contributed by atoms with Crippen LogP contribution in [0.25, 0.3) is 11.0 Å². The van der Waals surface area contributed by atoms with Crippen molar-refractivity contribution in [2.24, 2.45) is 0 Å². The molecule has 2 aromatic rings. The maximum absolute atomic E-state index is 12.5. The van der Waals surface area contributed by atoms with Crippen LogP contribution in [-0.2, 0) is 0 Å². The molecule has 2 N–H and O–H groups in total. The van der Waals surface area contributed by atoms with E-state index in [0.717, 1.165) is 24.9 Å². The first-order valence-electron chi connectivity index (χ1n) is 7.29. The number of likely N-dealkylation sites (N-methyl/N-ethyl adjacent to an activating group) is 2. The second-order valence-corrected chi connectivity index (χ2v) is 5.87. The number of nitrogen functional groups attached to an aromatic ring is 1. The van der Waals surface area contributed by atoms with Crippen LogP contribution in [0, 0.1) is 0 Å². The SMILES string of the molecule is CN(CC1CCCN1C)C(=O)c1cc2cc(N)ccc2o1. The van der Waals surface area contributed by atoms with Gasteiger partial charge in [0.25, 0.3) is 5.91 Å². The van der Waals surface area contributed by atoms with Crippen LogP contribution in [0.2, 0.25) is 0 Å². The number of furan rings is 1. The highest BCUT2D eigenvalue weighted by atomic mass is 16.3. The first-order valence-corrected chi connectivity index (χ1v) is 7.29. The van der Waals surface area contributed by atoms with Crippen molar-refractivity contribution in [1.29, 1.82) is 0 Å². The van der Waals surface area contributed by atoms with Crippen molar-refractivity contribution >= 4 is 22.6 Å². The fourth-order valence-corrected chi connectivity index (χ4v) is 2.96. The fraction of sp³-hybridized carbons (Fsp3) is 0.438. The zero-order chi connectivity index (χ0) is 15.0. The Labute approximate surface area is 124 Å². The maximum atomic E-state index is 12.5. The molecule has 3 rings (SSSR count). The van der Waals surface area contributed by atoms with E-state index < -0.39 is 0 Å². The smallest absolute Gasteiger partial charge is 0.289 e. The molecule has 1 atom stereocenters. The summed E-state index contributed by atoms with van der Waals surface area (Å²) in [6.45, 7) is 1.84. The summed E-state index contributed by atoms with van der Waals surface area (Å²) >= 11 is 0. The maximum Gasteiger partial charge on any atom is 0.289 e. The Kier molecular flexibility index (Phi) is 3.59. The van der Waals surface area contributed by atoms with Crippen LogP contribution < -0.4 is 5.73 Å². The summed E-state index contributed by atoms with van der Waals surface area (Å²) in [5.41, 5.74) is 7.11. The lowest BCUT2D eigenvalue weighted by Gasteiger charge is -2.25. The third-order valence-corrected chi connectivity index (χ3v) is 4.25. The number of nitrogens with zero attached hydrogens (tertiary/aromatic N) is 2. The Morgan fingerprint density at radius 1 is 1.48 bits per heavy atom. The zero-order valence-electron chi connectivity index (χ0n) is 12.5. The molecule has 112 valence electrons. The molecule has 21 heavy (non-hydrogen) atoms. The van der Waals surface area contributed by atoms with Crippen molar-refractivity contribution in [1.82, 2.24) is 9.80 Å². The van der Waals surface area contributed by atoms with Crippen molar-refractivity contribution < 1.29 is 9.21 Å². The second-order valence-electron chi connectivity index (χ2n) is 5.87. The first-order chi connectivity index (χ1) is 10.0. The molecule has 1 aromatic carbocycles. The van der Waals surface area contributed by atoms with Crippen LogP contribution >= 0.6 is 0 Å². The molecule has 0 spiro atoms. The molecule has 0 radical (unpaired) electrons. The Morgan fingerprint density at radius 3 is 3.00 bits per heavy atom. The molecular formula is C16H21N3O2. The number of carbonyl (C=O) groups is 1. The van der Waals surface area contributed by atoms with Crippen LogP contribution in [-0.4, -0.2) is 48.9 Å². The number of nitrogens with two attached hydrogens (primary N) is 1. The van der Waals surface area contributed by atoms with E-state index in [4.69, 9.17) is 10.2 Å². The summed E-state index contributed by atoms with van der Waals surface area (Å²) in [6, 6.07) is 7.60. The highest BCUT2D eigenvalue weighted by molar-refractivity contribution is 5.96. The lowest BCUT2D eigenvalue weighted by atomic mass is 10.2. The third-order valence-electron chi connectivity index (χ3n) is 4.25. The molecular weight excluding hydrogens is 266 g/mol. The molecule has 1 amide bonds. The van der Waals surface area contributed by atoms with Gasteiger partial charge in [-0.2, -0.15) is 0 Å². The summed E-state index contributed by atoms with van der Waals surface area (Å²) in [5, 5.41) is 0.865. The highest BCUT2D eigenvalue weighted by Crippen LogP contribution is 2.23. The number of hydrogen-bond acceptors (Lipinski definition) is 4. The van der Waals surface area contributed by atoms with Gasteiger partial charge in [-0.05, 0) is 50.7 Å². The standard InChI is InChI=1S/C16H21N3O2/c1-18-7-3-4-13(18)10-19(2)16(20)15-9-11-8-12(17)5-6-14(11)21-15/h5-6,8-9,13H,3-4,7,10,17H2,1-2H3. The molecule has 5 heteroatoms. The van der Waals surface area contributed by atoms with E-state index in [-0.39, 0.29) is 5.91 Å². The average molecular weight is 287 g/mol. The predicted molar refractivity (Wildman–Crippen MR) is 83.2 cm³/mol. The van der Waals surface area contributed by atoms with Crippen LogP contribution in [0.15, 0.2) is 28.7 Å². The van der Waals surface area contributed by atoms with Crippen molar-refractivity contribution in [3.8, 4) is 0 Å². The van der Waals surface area contributed by atoms with Gasteiger partial charge >= 0.3 is 0 Å². The summed E-state index contributed by atoms with van der Waals surface area (Å²) in [4.78, 5) is 16.5. The van der Waals surface area contributed by atoms with Crippen LogP contribution in [0.5, 0.6) is 0 Å². The number of carbonyl (C=O) groups excluding carboxylic acids is 1. The lowest BCUT2D eigenvalue weighted by molar-refractivity contribution is 0.0732. The molecule has 2 heterocycles. The van der Waals surface area contributed by atoms with Crippen LogP contribution in [0.1, 0.15) is 23.4 Å². The molecule has 1 aliphatic heterocycles. The summed E-state index contributed by atoms with van der Waals surface area (Å²) in [7, 11) is 3.94. The van der Waals surface area contributed by atoms with E-state index in [1.54, 1.807) is 23.1 Å². The van der Waals surface area contributed by atoms with Crippen molar-refractivity contribution in [3.63, 3.8) is 0 Å². The topological polar surface area (TPSA) is 62.7 Å². The Bertz CT molecular complexity index is 665. The quantitative estimate of drug-likeness (QED) is 0.879. The number of rotatable bonds is 3. The van der Waals surface area contributed by atoms with E-state index in [1.165, 1.54) is 6.42 Å². The van der Waals surface area contributed by atoms with E-state index in [1.807, 2.05) is 13.1 Å². The summed E-state index contributed by atoms with van der Waals surface area (Å²) in [6.07, 6.45) is 2.35.